The third kappa shape index (κ3) is 3.72. The van der Waals surface area contributed by atoms with Crippen LogP contribution < -0.4 is 5.32 Å². The Hall–Kier alpha value is -3.08. The number of nitrogens with zero attached hydrogens (tertiary/aromatic N) is 6. The van der Waals surface area contributed by atoms with E-state index in [0.29, 0.717) is 35.9 Å². The average Bonchev–Trinajstić information content (AvgIpc) is 3.46. The van der Waals surface area contributed by atoms with E-state index in [1.165, 1.54) is 28.5 Å². The van der Waals surface area contributed by atoms with Crippen LogP contribution in [0, 0.1) is 5.92 Å². The van der Waals surface area contributed by atoms with Crippen LogP contribution in [0.15, 0.2) is 30.0 Å². The number of H-pyrrole nitrogens is 1. The van der Waals surface area contributed by atoms with Crippen LogP contribution in [0.25, 0.3) is 5.82 Å². The first-order valence-electron chi connectivity index (χ1n) is 8.60. The van der Waals surface area contributed by atoms with Gasteiger partial charge in [-0.2, -0.15) is 9.78 Å². The third-order valence-electron chi connectivity index (χ3n) is 4.53. The normalized spacial score (nSPS) is 17.0. The van der Waals surface area contributed by atoms with Crippen LogP contribution in [0.3, 0.4) is 0 Å². The number of thiophene rings is 1. The Bertz CT molecular complexity index is 905. The molecule has 140 valence electrons. The van der Waals surface area contributed by atoms with Gasteiger partial charge < -0.3 is 10.2 Å². The monoisotopic (exact) mass is 386 g/mol. The van der Waals surface area contributed by atoms with E-state index in [4.69, 9.17) is 0 Å². The lowest BCUT2D eigenvalue weighted by Crippen LogP contribution is -2.43. The van der Waals surface area contributed by atoms with Gasteiger partial charge in [-0.05, 0) is 40.6 Å². The highest BCUT2D eigenvalue weighted by Gasteiger charge is 2.27. The number of rotatable bonds is 5. The first-order valence-corrected chi connectivity index (χ1v) is 9.48. The van der Waals surface area contributed by atoms with Crippen molar-refractivity contribution in [2.45, 2.75) is 12.8 Å². The molecule has 0 spiro atoms. The molecule has 3 aromatic heterocycles. The van der Waals surface area contributed by atoms with Gasteiger partial charge in [-0.3, -0.25) is 14.7 Å². The smallest absolute Gasteiger partial charge is 0.261 e. The molecule has 1 aliphatic rings. The number of tetrazole rings is 1. The number of hydrogen-bond donors (Lipinski definition) is 2. The number of piperidine rings is 1. The van der Waals surface area contributed by atoms with Crippen LogP contribution in [0.2, 0.25) is 0 Å². The van der Waals surface area contributed by atoms with Gasteiger partial charge in [0.15, 0.2) is 5.82 Å². The van der Waals surface area contributed by atoms with Crippen LogP contribution in [-0.4, -0.2) is 66.8 Å². The molecule has 0 unspecified atom stereocenters. The van der Waals surface area contributed by atoms with Crippen molar-refractivity contribution in [1.29, 1.82) is 0 Å². The van der Waals surface area contributed by atoms with Gasteiger partial charge in [-0.25, -0.2) is 0 Å². The molecular weight excluding hydrogens is 368 g/mol. The molecule has 2 amide bonds. The second kappa shape index (κ2) is 7.66. The van der Waals surface area contributed by atoms with Gasteiger partial charge in [0.25, 0.3) is 11.8 Å². The van der Waals surface area contributed by atoms with Crippen molar-refractivity contribution in [2.24, 2.45) is 5.92 Å². The van der Waals surface area contributed by atoms with Gasteiger partial charge in [0.2, 0.25) is 0 Å². The van der Waals surface area contributed by atoms with E-state index in [2.05, 4.69) is 31.0 Å². The highest BCUT2D eigenvalue weighted by Crippen LogP contribution is 2.20. The zero-order valence-electron chi connectivity index (χ0n) is 14.4. The number of nitrogens with one attached hydrogen (secondary N) is 2. The standard InChI is InChI=1S/C16H18N8O2S/c25-15(13-4-2-6-27-13)17-7-11-3-1-5-23(9-11)16(26)12-8-18-20-14(12)24-10-19-21-22-24/h2,4,6,8,10-11H,1,3,5,7,9H2,(H,17,25)(H,18,20)/t11-/m1/s1. The molecule has 27 heavy (non-hydrogen) atoms. The number of likely N-dealkylation sites (tertiary alicyclic amines) is 1. The Balaban J connectivity index is 1.39. The summed E-state index contributed by atoms with van der Waals surface area (Å²) >= 11 is 1.42. The second-order valence-electron chi connectivity index (χ2n) is 6.33. The largest absolute Gasteiger partial charge is 0.351 e. The number of amides is 2. The van der Waals surface area contributed by atoms with Gasteiger partial charge in [0, 0.05) is 19.6 Å². The van der Waals surface area contributed by atoms with Crippen LogP contribution in [-0.2, 0) is 0 Å². The second-order valence-corrected chi connectivity index (χ2v) is 7.28. The van der Waals surface area contributed by atoms with Gasteiger partial charge in [0.1, 0.15) is 11.9 Å². The van der Waals surface area contributed by atoms with E-state index in [-0.39, 0.29) is 17.7 Å². The van der Waals surface area contributed by atoms with E-state index >= 15 is 0 Å². The first kappa shape index (κ1) is 17.3. The zero-order valence-corrected chi connectivity index (χ0v) is 15.2. The highest BCUT2D eigenvalue weighted by molar-refractivity contribution is 7.12. The Morgan fingerprint density at radius 1 is 1.41 bits per heavy atom. The predicted octanol–water partition coefficient (Wildman–Crippen LogP) is 0.729. The van der Waals surface area contributed by atoms with E-state index in [0.717, 1.165) is 12.8 Å². The van der Waals surface area contributed by atoms with Crippen molar-refractivity contribution in [3.8, 4) is 5.82 Å². The van der Waals surface area contributed by atoms with Gasteiger partial charge >= 0.3 is 0 Å². The Kier molecular flexibility index (Phi) is 4.92. The number of aromatic amines is 1. The summed E-state index contributed by atoms with van der Waals surface area (Å²) in [6, 6.07) is 3.66. The van der Waals surface area contributed by atoms with E-state index < -0.39 is 0 Å². The maximum Gasteiger partial charge on any atom is 0.261 e. The summed E-state index contributed by atoms with van der Waals surface area (Å²) in [6.07, 6.45) is 4.76. The maximum absolute atomic E-state index is 12.9. The number of carbonyl (C=O) groups excluding carboxylic acids is 2. The minimum absolute atomic E-state index is 0.0655. The van der Waals surface area contributed by atoms with Crippen LogP contribution in [0.4, 0.5) is 0 Å². The molecule has 0 aromatic carbocycles. The summed E-state index contributed by atoms with van der Waals surface area (Å²) in [6.45, 7) is 1.81. The number of hydrogen-bond acceptors (Lipinski definition) is 7. The molecule has 4 rings (SSSR count). The minimum atomic E-state index is -0.122. The fraction of sp³-hybridized carbons (Fsp3) is 0.375. The molecule has 0 aliphatic carbocycles. The van der Waals surface area contributed by atoms with Crippen LogP contribution in [0.5, 0.6) is 0 Å². The van der Waals surface area contributed by atoms with Crippen molar-refractivity contribution < 1.29 is 9.59 Å². The Morgan fingerprint density at radius 3 is 3.11 bits per heavy atom. The molecule has 1 saturated heterocycles. The molecular formula is C16H18N8O2S. The fourth-order valence-corrected chi connectivity index (χ4v) is 3.83. The number of carbonyl (C=O) groups is 2. The van der Waals surface area contributed by atoms with Gasteiger partial charge in [-0.15, -0.1) is 16.4 Å². The maximum atomic E-state index is 12.9. The lowest BCUT2D eigenvalue weighted by atomic mass is 9.97. The highest BCUT2D eigenvalue weighted by atomic mass is 32.1. The molecule has 11 heteroatoms. The summed E-state index contributed by atoms with van der Waals surface area (Å²) in [5, 5.41) is 22.5. The predicted molar refractivity (Wildman–Crippen MR) is 96.6 cm³/mol. The first-order chi connectivity index (χ1) is 13.2. The molecule has 1 atom stereocenters. The fourth-order valence-electron chi connectivity index (χ4n) is 3.19. The number of aromatic nitrogens is 6. The molecule has 1 aliphatic heterocycles. The molecule has 4 heterocycles. The molecule has 0 radical (unpaired) electrons. The van der Waals surface area contributed by atoms with Crippen molar-refractivity contribution in [1.82, 2.24) is 40.6 Å². The van der Waals surface area contributed by atoms with Crippen molar-refractivity contribution in [3.63, 3.8) is 0 Å². The Morgan fingerprint density at radius 2 is 2.33 bits per heavy atom. The van der Waals surface area contributed by atoms with Gasteiger partial charge in [-0.1, -0.05) is 6.07 Å². The van der Waals surface area contributed by atoms with Crippen molar-refractivity contribution in [3.05, 3.63) is 40.5 Å². The topological polar surface area (TPSA) is 122 Å². The molecule has 0 bridgehead atoms. The average molecular weight is 386 g/mol. The lowest BCUT2D eigenvalue weighted by molar-refractivity contribution is 0.0671. The summed E-state index contributed by atoms with van der Waals surface area (Å²) in [5.41, 5.74) is 0.422. The summed E-state index contributed by atoms with van der Waals surface area (Å²) in [5.74, 6) is 0.473. The van der Waals surface area contributed by atoms with Crippen molar-refractivity contribution in [2.75, 3.05) is 19.6 Å². The minimum Gasteiger partial charge on any atom is -0.351 e. The zero-order chi connectivity index (χ0) is 18.6. The van der Waals surface area contributed by atoms with Gasteiger partial charge in [0.05, 0.1) is 11.1 Å². The summed E-state index contributed by atoms with van der Waals surface area (Å²) < 4.78 is 1.38. The molecule has 1 fully saturated rings. The van der Waals surface area contributed by atoms with Crippen LogP contribution >= 0.6 is 11.3 Å². The van der Waals surface area contributed by atoms with Crippen LogP contribution in [0.1, 0.15) is 32.9 Å². The van der Waals surface area contributed by atoms with E-state index in [1.807, 2.05) is 11.4 Å². The molecule has 3 aromatic rings. The quantitative estimate of drug-likeness (QED) is 0.667. The molecule has 2 N–H and O–H groups in total. The Labute approximate surface area is 158 Å². The van der Waals surface area contributed by atoms with Crippen molar-refractivity contribution >= 4 is 23.2 Å². The molecule has 0 saturated carbocycles. The molecule has 10 nitrogen and oxygen atoms in total. The SMILES string of the molecule is O=C(NC[C@H]1CCCN(C(=O)c2cn[nH]c2-n2cnnn2)C1)c1cccs1. The summed E-state index contributed by atoms with van der Waals surface area (Å²) in [4.78, 5) is 27.6. The lowest BCUT2D eigenvalue weighted by Gasteiger charge is -2.32. The van der Waals surface area contributed by atoms with E-state index in [1.54, 1.807) is 11.0 Å². The third-order valence-corrected chi connectivity index (χ3v) is 5.40. The van der Waals surface area contributed by atoms with E-state index in [9.17, 15) is 9.59 Å². The summed E-state index contributed by atoms with van der Waals surface area (Å²) in [7, 11) is 0.